The molecule has 1 aliphatic rings. The molecule has 3 rings (SSSR count). The second-order valence-corrected chi connectivity index (χ2v) is 9.56. The number of hydrogen-bond donors (Lipinski definition) is 0. The molecule has 1 aliphatic carbocycles. The molecule has 0 bridgehead atoms. The van der Waals surface area contributed by atoms with E-state index < -0.39 is 0 Å². The molecule has 0 heteroatoms. The van der Waals surface area contributed by atoms with E-state index in [1.807, 2.05) is 0 Å². The number of aryl methyl sites for hydroxylation is 1. The maximum Gasteiger partial charge on any atom is 0.00143 e. The van der Waals surface area contributed by atoms with Gasteiger partial charge in [0.1, 0.15) is 0 Å². The van der Waals surface area contributed by atoms with Crippen LogP contribution in [-0.2, 0) is 0 Å². The molecule has 1 fully saturated rings. The van der Waals surface area contributed by atoms with Crippen LogP contribution in [0.4, 0.5) is 0 Å². The Morgan fingerprint density at radius 3 is 2.00 bits per heavy atom. The van der Waals surface area contributed by atoms with Gasteiger partial charge in [0.2, 0.25) is 0 Å². The highest BCUT2D eigenvalue weighted by Gasteiger charge is 2.49. The van der Waals surface area contributed by atoms with Crippen molar-refractivity contribution in [2.75, 3.05) is 0 Å². The highest BCUT2D eigenvalue weighted by atomic mass is 14.5. The van der Waals surface area contributed by atoms with Crippen LogP contribution in [0, 0.1) is 30.6 Å². The van der Waals surface area contributed by atoms with Crippen LogP contribution in [0.1, 0.15) is 81.5 Å². The Morgan fingerprint density at radius 1 is 0.857 bits per heavy atom. The molecule has 0 saturated heterocycles. The summed E-state index contributed by atoms with van der Waals surface area (Å²) in [4.78, 5) is 0. The zero-order valence-electron chi connectivity index (χ0n) is 18.9. The van der Waals surface area contributed by atoms with E-state index in [9.17, 15) is 0 Å². The van der Waals surface area contributed by atoms with Crippen LogP contribution >= 0.6 is 0 Å². The van der Waals surface area contributed by atoms with Crippen LogP contribution < -0.4 is 0 Å². The normalized spacial score (nSPS) is 27.5. The van der Waals surface area contributed by atoms with E-state index in [-0.39, 0.29) is 0 Å². The van der Waals surface area contributed by atoms with E-state index in [1.54, 1.807) is 5.56 Å². The third kappa shape index (κ3) is 3.71. The van der Waals surface area contributed by atoms with Crippen LogP contribution in [-0.4, -0.2) is 0 Å². The summed E-state index contributed by atoms with van der Waals surface area (Å²) in [5, 5.41) is 0. The maximum absolute atomic E-state index is 4.12. The molecule has 7 unspecified atom stereocenters. The lowest BCUT2D eigenvalue weighted by molar-refractivity contribution is 0.00919. The summed E-state index contributed by atoms with van der Waals surface area (Å²) in [7, 11) is 0. The minimum Gasteiger partial charge on any atom is -0.0995 e. The van der Waals surface area contributed by atoms with Gasteiger partial charge in [0.15, 0.2) is 0 Å². The maximum atomic E-state index is 4.12. The molecule has 28 heavy (non-hydrogen) atoms. The summed E-state index contributed by atoms with van der Waals surface area (Å²) in [5.74, 6) is 4.65. The van der Waals surface area contributed by atoms with Gasteiger partial charge in [-0.05, 0) is 71.6 Å². The molecule has 0 amide bonds. The highest BCUT2D eigenvalue weighted by molar-refractivity contribution is 5.35. The predicted molar refractivity (Wildman–Crippen MR) is 123 cm³/mol. The summed E-state index contributed by atoms with van der Waals surface area (Å²) in [5.41, 5.74) is 7.10. The van der Waals surface area contributed by atoms with Crippen molar-refractivity contribution in [3.05, 3.63) is 82.9 Å². The molecule has 0 nitrogen and oxygen atoms in total. The van der Waals surface area contributed by atoms with Crippen molar-refractivity contribution in [2.24, 2.45) is 23.7 Å². The van der Waals surface area contributed by atoms with Crippen LogP contribution in [0.15, 0.2) is 60.7 Å². The van der Waals surface area contributed by atoms with E-state index in [2.05, 4.69) is 104 Å². The minimum atomic E-state index is 0.430. The third-order valence-electron chi connectivity index (χ3n) is 8.06. The Kier molecular flexibility index (Phi) is 6.18. The van der Waals surface area contributed by atoms with Gasteiger partial charge in [-0.3, -0.25) is 0 Å². The predicted octanol–water partition coefficient (Wildman–Crippen LogP) is 8.10. The van der Waals surface area contributed by atoms with Crippen LogP contribution in [0.25, 0.3) is 0 Å². The van der Waals surface area contributed by atoms with Gasteiger partial charge in [-0.15, -0.1) is 0 Å². The molecular formula is C28H38. The zero-order chi connectivity index (χ0) is 20.6. The lowest BCUT2D eigenvalue weighted by atomic mass is 9.50. The fourth-order valence-electron chi connectivity index (χ4n) is 5.48. The Labute approximate surface area is 173 Å². The molecule has 150 valence electrons. The van der Waals surface area contributed by atoms with E-state index in [0.717, 1.165) is 17.8 Å². The van der Waals surface area contributed by atoms with Crippen molar-refractivity contribution in [1.29, 1.82) is 0 Å². The first-order valence-corrected chi connectivity index (χ1v) is 11.0. The van der Waals surface area contributed by atoms with Gasteiger partial charge in [-0.1, -0.05) is 95.3 Å². The molecular weight excluding hydrogens is 336 g/mol. The van der Waals surface area contributed by atoms with E-state index >= 15 is 0 Å². The van der Waals surface area contributed by atoms with Crippen LogP contribution in [0.3, 0.4) is 0 Å². The standard InChI is InChI=1S/C28H38/c1-17(2)19(4)24-13-15-25(16-14-24)20(5)21(6)27-22(7)23(8)28(27)26-12-10-9-11-18(26)3/h9-16,19-23,27-28H,1H2,2-8H3. The minimum absolute atomic E-state index is 0.430. The largest absolute Gasteiger partial charge is 0.0995 e. The van der Waals surface area contributed by atoms with Gasteiger partial charge < -0.3 is 0 Å². The zero-order valence-corrected chi connectivity index (χ0v) is 18.9. The Morgan fingerprint density at radius 2 is 1.43 bits per heavy atom. The first kappa shape index (κ1) is 20.9. The van der Waals surface area contributed by atoms with Crippen molar-refractivity contribution in [3.63, 3.8) is 0 Å². The molecule has 2 aromatic carbocycles. The number of rotatable bonds is 6. The Balaban J connectivity index is 1.81. The first-order chi connectivity index (χ1) is 13.2. The molecule has 0 aliphatic heterocycles. The number of benzene rings is 2. The van der Waals surface area contributed by atoms with Crippen LogP contribution in [0.2, 0.25) is 0 Å². The second-order valence-electron chi connectivity index (χ2n) is 9.56. The van der Waals surface area contributed by atoms with Gasteiger partial charge in [0, 0.05) is 5.92 Å². The molecule has 2 aromatic rings. The van der Waals surface area contributed by atoms with Crippen molar-refractivity contribution < 1.29 is 0 Å². The molecule has 0 radical (unpaired) electrons. The summed E-state index contributed by atoms with van der Waals surface area (Å²) in [6.45, 7) is 20.6. The van der Waals surface area contributed by atoms with Gasteiger partial charge in [0.25, 0.3) is 0 Å². The Bertz CT molecular complexity index is 812. The quantitative estimate of drug-likeness (QED) is 0.448. The van der Waals surface area contributed by atoms with Gasteiger partial charge in [0.05, 0.1) is 0 Å². The lowest BCUT2D eigenvalue weighted by Crippen LogP contribution is -2.46. The van der Waals surface area contributed by atoms with Crippen molar-refractivity contribution in [2.45, 2.75) is 66.2 Å². The third-order valence-corrected chi connectivity index (χ3v) is 8.06. The van der Waals surface area contributed by atoms with Gasteiger partial charge in [-0.2, -0.15) is 0 Å². The summed E-state index contributed by atoms with van der Waals surface area (Å²) >= 11 is 0. The van der Waals surface area contributed by atoms with Crippen molar-refractivity contribution in [1.82, 2.24) is 0 Å². The topological polar surface area (TPSA) is 0 Å². The fourth-order valence-corrected chi connectivity index (χ4v) is 5.48. The SMILES string of the molecule is C=C(C)C(C)c1ccc(C(C)C(C)C2C(C)C(C)C2c2ccccc2C)cc1. The lowest BCUT2D eigenvalue weighted by Gasteiger charge is -2.54. The van der Waals surface area contributed by atoms with Gasteiger partial charge >= 0.3 is 0 Å². The van der Waals surface area contributed by atoms with Gasteiger partial charge in [-0.25, -0.2) is 0 Å². The molecule has 1 saturated carbocycles. The second kappa shape index (κ2) is 8.27. The monoisotopic (exact) mass is 374 g/mol. The van der Waals surface area contributed by atoms with Crippen LogP contribution in [0.5, 0.6) is 0 Å². The van der Waals surface area contributed by atoms with Crippen molar-refractivity contribution in [3.8, 4) is 0 Å². The fraction of sp³-hybridized carbons (Fsp3) is 0.500. The van der Waals surface area contributed by atoms with E-state index in [0.29, 0.717) is 23.7 Å². The molecule has 0 N–H and O–H groups in total. The summed E-state index contributed by atoms with van der Waals surface area (Å²) in [6.07, 6.45) is 0. The summed E-state index contributed by atoms with van der Waals surface area (Å²) < 4.78 is 0. The average molecular weight is 375 g/mol. The van der Waals surface area contributed by atoms with Crippen molar-refractivity contribution >= 4 is 0 Å². The summed E-state index contributed by atoms with van der Waals surface area (Å²) in [6, 6.07) is 18.3. The number of hydrogen-bond acceptors (Lipinski definition) is 0. The first-order valence-electron chi connectivity index (χ1n) is 11.0. The number of allylic oxidation sites excluding steroid dienone is 1. The highest BCUT2D eigenvalue weighted by Crippen LogP contribution is 2.57. The van der Waals surface area contributed by atoms with E-state index in [1.165, 1.54) is 22.3 Å². The molecule has 0 spiro atoms. The average Bonchev–Trinajstić information content (AvgIpc) is 2.70. The smallest absolute Gasteiger partial charge is 0.00143 e. The van der Waals surface area contributed by atoms with E-state index in [4.69, 9.17) is 0 Å². The molecule has 7 atom stereocenters. The Hall–Kier alpha value is -1.82. The molecule has 0 aromatic heterocycles. The molecule has 0 heterocycles.